The number of aliphatic hydroxyl groups is 1. The van der Waals surface area contributed by atoms with Crippen LogP contribution < -0.4 is 15.4 Å². The summed E-state index contributed by atoms with van der Waals surface area (Å²) >= 11 is 0. The third kappa shape index (κ3) is 5.57. The fraction of sp³-hybridized carbons (Fsp3) is 0.385. The van der Waals surface area contributed by atoms with Crippen molar-refractivity contribution in [3.63, 3.8) is 0 Å². The van der Waals surface area contributed by atoms with E-state index < -0.39 is 18.1 Å². The average Bonchev–Trinajstić information content (AvgIpc) is 2.45. The molecule has 0 spiro atoms. The first-order valence-electron chi connectivity index (χ1n) is 6.08. The summed E-state index contributed by atoms with van der Waals surface area (Å²) in [4.78, 5) is 21.8. The van der Waals surface area contributed by atoms with Crippen LogP contribution in [0.15, 0.2) is 24.3 Å². The van der Waals surface area contributed by atoms with Gasteiger partial charge in [-0.2, -0.15) is 0 Å². The summed E-state index contributed by atoms with van der Waals surface area (Å²) in [5, 5.41) is 22.6. The number of rotatable bonds is 7. The van der Waals surface area contributed by atoms with Crippen molar-refractivity contribution in [2.75, 3.05) is 13.7 Å². The van der Waals surface area contributed by atoms with Crippen LogP contribution in [0.25, 0.3) is 0 Å². The van der Waals surface area contributed by atoms with Crippen LogP contribution in [-0.2, 0) is 11.3 Å². The highest BCUT2D eigenvalue weighted by Crippen LogP contribution is 2.11. The molecule has 0 saturated heterocycles. The predicted octanol–water partition coefficient (Wildman–Crippen LogP) is 0.330. The number of carbonyl (C=O) groups is 2. The Kier molecular flexibility index (Phi) is 6.31. The summed E-state index contributed by atoms with van der Waals surface area (Å²) in [7, 11) is 1.56. The van der Waals surface area contributed by atoms with Gasteiger partial charge in [0.25, 0.3) is 0 Å². The highest BCUT2D eigenvalue weighted by atomic mass is 16.5. The van der Waals surface area contributed by atoms with Gasteiger partial charge in [-0.05, 0) is 17.7 Å². The van der Waals surface area contributed by atoms with E-state index in [1.54, 1.807) is 19.2 Å². The van der Waals surface area contributed by atoms with Gasteiger partial charge < -0.3 is 25.6 Å². The van der Waals surface area contributed by atoms with Crippen molar-refractivity contribution in [2.24, 2.45) is 0 Å². The van der Waals surface area contributed by atoms with E-state index in [1.165, 1.54) is 0 Å². The minimum Gasteiger partial charge on any atom is -0.497 e. The fourth-order valence-corrected chi connectivity index (χ4v) is 1.47. The number of carbonyl (C=O) groups excluding carboxylic acids is 1. The van der Waals surface area contributed by atoms with Crippen LogP contribution in [0.1, 0.15) is 12.0 Å². The molecule has 0 bridgehead atoms. The Labute approximate surface area is 116 Å². The standard InChI is InChI=1S/C13H18N2O5/c1-20-10-4-2-3-9(7-10)8-15-13(19)14-6-5-11(16)12(17)18/h2-4,7,11,16H,5-6,8H2,1H3,(H,17,18)(H2,14,15,19)/t11-/m0/s1. The van der Waals surface area contributed by atoms with Crippen LogP contribution in [0.4, 0.5) is 4.79 Å². The van der Waals surface area contributed by atoms with E-state index in [0.29, 0.717) is 12.3 Å². The molecule has 1 aromatic carbocycles. The first-order valence-corrected chi connectivity index (χ1v) is 6.08. The molecule has 20 heavy (non-hydrogen) atoms. The first kappa shape index (κ1) is 15.8. The van der Waals surface area contributed by atoms with E-state index in [1.807, 2.05) is 12.1 Å². The topological polar surface area (TPSA) is 108 Å². The number of amides is 2. The predicted molar refractivity (Wildman–Crippen MR) is 71.5 cm³/mol. The zero-order chi connectivity index (χ0) is 15.0. The second kappa shape index (κ2) is 8.00. The SMILES string of the molecule is COc1cccc(CNC(=O)NCC[C@H](O)C(=O)O)c1. The number of ether oxygens (including phenoxy) is 1. The van der Waals surface area contributed by atoms with Gasteiger partial charge in [0, 0.05) is 19.5 Å². The van der Waals surface area contributed by atoms with Crippen molar-refractivity contribution in [1.82, 2.24) is 10.6 Å². The van der Waals surface area contributed by atoms with Gasteiger partial charge in [0.2, 0.25) is 0 Å². The van der Waals surface area contributed by atoms with Gasteiger partial charge in [0.05, 0.1) is 7.11 Å². The Morgan fingerprint density at radius 2 is 2.10 bits per heavy atom. The zero-order valence-corrected chi connectivity index (χ0v) is 11.1. The fourth-order valence-electron chi connectivity index (χ4n) is 1.47. The van der Waals surface area contributed by atoms with Crippen molar-refractivity contribution in [3.05, 3.63) is 29.8 Å². The molecule has 2 amide bonds. The summed E-state index contributed by atoms with van der Waals surface area (Å²) in [5.41, 5.74) is 0.880. The van der Waals surface area contributed by atoms with E-state index in [-0.39, 0.29) is 13.0 Å². The number of aliphatic hydroxyl groups excluding tert-OH is 1. The van der Waals surface area contributed by atoms with E-state index in [0.717, 1.165) is 5.56 Å². The van der Waals surface area contributed by atoms with Gasteiger partial charge in [-0.25, -0.2) is 9.59 Å². The van der Waals surface area contributed by atoms with Gasteiger partial charge in [-0.15, -0.1) is 0 Å². The van der Waals surface area contributed by atoms with E-state index in [9.17, 15) is 9.59 Å². The Morgan fingerprint density at radius 3 is 2.75 bits per heavy atom. The summed E-state index contributed by atoms with van der Waals surface area (Å²) in [5.74, 6) is -0.599. The molecule has 4 N–H and O–H groups in total. The van der Waals surface area contributed by atoms with Crippen LogP contribution in [-0.4, -0.2) is 42.0 Å². The van der Waals surface area contributed by atoms with Crippen molar-refractivity contribution < 1.29 is 24.5 Å². The molecule has 0 aliphatic rings. The molecule has 1 aromatic rings. The van der Waals surface area contributed by atoms with Crippen molar-refractivity contribution >= 4 is 12.0 Å². The minimum atomic E-state index is -1.46. The second-order valence-corrected chi connectivity index (χ2v) is 4.10. The van der Waals surface area contributed by atoms with Gasteiger partial charge >= 0.3 is 12.0 Å². The number of methoxy groups -OCH3 is 1. The van der Waals surface area contributed by atoms with Crippen molar-refractivity contribution in [3.8, 4) is 5.75 Å². The number of hydrogen-bond donors (Lipinski definition) is 4. The molecule has 0 radical (unpaired) electrons. The maximum Gasteiger partial charge on any atom is 0.332 e. The molecule has 0 aliphatic heterocycles. The Morgan fingerprint density at radius 1 is 1.35 bits per heavy atom. The van der Waals surface area contributed by atoms with Gasteiger partial charge in [0.15, 0.2) is 6.10 Å². The number of benzene rings is 1. The van der Waals surface area contributed by atoms with E-state index in [4.69, 9.17) is 14.9 Å². The third-order valence-electron chi connectivity index (χ3n) is 2.58. The van der Waals surface area contributed by atoms with Gasteiger partial charge in [0.1, 0.15) is 5.75 Å². The second-order valence-electron chi connectivity index (χ2n) is 4.10. The lowest BCUT2D eigenvalue weighted by atomic mass is 10.2. The first-order chi connectivity index (χ1) is 9.52. The molecule has 0 heterocycles. The summed E-state index contributed by atoms with van der Waals surface area (Å²) < 4.78 is 5.06. The van der Waals surface area contributed by atoms with Crippen LogP contribution in [0, 0.1) is 0 Å². The molecule has 0 saturated carbocycles. The maximum absolute atomic E-state index is 11.4. The number of aliphatic carboxylic acids is 1. The monoisotopic (exact) mass is 282 g/mol. The summed E-state index contributed by atoms with van der Waals surface area (Å²) in [6, 6.07) is 6.84. The number of nitrogens with one attached hydrogen (secondary N) is 2. The number of carboxylic acid groups (broad SMARTS) is 1. The van der Waals surface area contributed by atoms with E-state index >= 15 is 0 Å². The van der Waals surface area contributed by atoms with Crippen molar-refractivity contribution in [2.45, 2.75) is 19.1 Å². The molecule has 1 rings (SSSR count). The molecule has 0 unspecified atom stereocenters. The lowest BCUT2D eigenvalue weighted by Gasteiger charge is -2.09. The quantitative estimate of drug-likeness (QED) is 0.576. The van der Waals surface area contributed by atoms with Crippen LogP contribution >= 0.6 is 0 Å². The van der Waals surface area contributed by atoms with E-state index in [2.05, 4.69) is 10.6 Å². The normalized spacial score (nSPS) is 11.5. The molecule has 0 aromatic heterocycles. The number of hydrogen-bond acceptors (Lipinski definition) is 4. The molecule has 1 atom stereocenters. The number of carboxylic acids is 1. The smallest absolute Gasteiger partial charge is 0.332 e. The molecule has 110 valence electrons. The zero-order valence-electron chi connectivity index (χ0n) is 11.1. The average molecular weight is 282 g/mol. The largest absolute Gasteiger partial charge is 0.497 e. The Balaban J connectivity index is 2.27. The summed E-state index contributed by atoms with van der Waals surface area (Å²) in [6.45, 7) is 0.405. The molecule has 7 nitrogen and oxygen atoms in total. The van der Waals surface area contributed by atoms with Gasteiger partial charge in [-0.1, -0.05) is 12.1 Å². The highest BCUT2D eigenvalue weighted by Gasteiger charge is 2.12. The molecular formula is C13H18N2O5. The van der Waals surface area contributed by atoms with Crippen LogP contribution in [0.3, 0.4) is 0 Å². The Bertz CT molecular complexity index is 464. The van der Waals surface area contributed by atoms with Crippen molar-refractivity contribution in [1.29, 1.82) is 0 Å². The molecular weight excluding hydrogens is 264 g/mol. The minimum absolute atomic E-state index is 0.0398. The molecule has 0 fully saturated rings. The molecule has 7 heteroatoms. The van der Waals surface area contributed by atoms with Crippen LogP contribution in [0.5, 0.6) is 5.75 Å². The van der Waals surface area contributed by atoms with Crippen LogP contribution in [0.2, 0.25) is 0 Å². The highest BCUT2D eigenvalue weighted by molar-refractivity contribution is 5.74. The maximum atomic E-state index is 11.4. The lowest BCUT2D eigenvalue weighted by molar-refractivity contribution is -0.146. The lowest BCUT2D eigenvalue weighted by Crippen LogP contribution is -2.37. The van der Waals surface area contributed by atoms with Gasteiger partial charge in [-0.3, -0.25) is 0 Å². The molecule has 0 aliphatic carbocycles. The Hall–Kier alpha value is -2.28. The summed E-state index contributed by atoms with van der Waals surface area (Å²) in [6.07, 6.45) is -1.50. The third-order valence-corrected chi connectivity index (χ3v) is 2.58. The number of urea groups is 1.